The summed E-state index contributed by atoms with van der Waals surface area (Å²) in [4.78, 5) is 12.3. The number of thioether (sulfide) groups is 1. The van der Waals surface area contributed by atoms with Gasteiger partial charge in [-0.25, -0.2) is 4.68 Å². The van der Waals surface area contributed by atoms with Gasteiger partial charge in [-0.3, -0.25) is 4.79 Å². The van der Waals surface area contributed by atoms with Crippen molar-refractivity contribution in [3.8, 4) is 0 Å². The van der Waals surface area contributed by atoms with E-state index in [0.717, 1.165) is 18.4 Å². The third-order valence-electron chi connectivity index (χ3n) is 3.30. The van der Waals surface area contributed by atoms with Crippen LogP contribution in [0.2, 0.25) is 5.02 Å². The molecule has 6 nitrogen and oxygen atoms in total. The highest BCUT2D eigenvalue weighted by Gasteiger charge is 2.19. The number of carbonyl (C=O) groups excluding carboxylic acids is 1. The van der Waals surface area contributed by atoms with Gasteiger partial charge in [-0.15, -0.1) is 10.2 Å². The number of anilines is 1. The SMILES string of the molecule is CCCc1nnc(SC(C)C(=O)Nc2ccc(C)c(Cl)c2)n1N. The second-order valence-corrected chi connectivity index (χ2v) is 6.95. The van der Waals surface area contributed by atoms with Crippen LogP contribution in [0, 0.1) is 6.92 Å². The number of carbonyl (C=O) groups is 1. The van der Waals surface area contributed by atoms with Gasteiger partial charge in [0.2, 0.25) is 11.1 Å². The highest BCUT2D eigenvalue weighted by Crippen LogP contribution is 2.24. The molecule has 23 heavy (non-hydrogen) atoms. The highest BCUT2D eigenvalue weighted by atomic mass is 35.5. The first kappa shape index (κ1) is 17.6. The maximum absolute atomic E-state index is 12.3. The van der Waals surface area contributed by atoms with Crippen molar-refractivity contribution in [2.45, 2.75) is 44.0 Å². The van der Waals surface area contributed by atoms with Crippen LogP contribution >= 0.6 is 23.4 Å². The van der Waals surface area contributed by atoms with Crippen LogP contribution in [0.4, 0.5) is 5.69 Å². The molecular formula is C15H20ClN5OS. The highest BCUT2D eigenvalue weighted by molar-refractivity contribution is 8.00. The number of amides is 1. The Morgan fingerprint density at radius 1 is 1.48 bits per heavy atom. The second-order valence-electron chi connectivity index (χ2n) is 5.23. The molecule has 0 saturated carbocycles. The maximum atomic E-state index is 12.3. The van der Waals surface area contributed by atoms with E-state index >= 15 is 0 Å². The minimum absolute atomic E-state index is 0.144. The largest absolute Gasteiger partial charge is 0.336 e. The lowest BCUT2D eigenvalue weighted by atomic mass is 10.2. The van der Waals surface area contributed by atoms with E-state index < -0.39 is 0 Å². The molecule has 2 rings (SSSR count). The van der Waals surface area contributed by atoms with E-state index in [1.807, 2.05) is 26.0 Å². The van der Waals surface area contributed by atoms with Crippen molar-refractivity contribution in [1.29, 1.82) is 0 Å². The summed E-state index contributed by atoms with van der Waals surface area (Å²) in [5.74, 6) is 6.52. The minimum atomic E-state index is -0.365. The molecule has 1 atom stereocenters. The molecule has 0 aliphatic heterocycles. The molecule has 0 fully saturated rings. The Balaban J connectivity index is 2.01. The fourth-order valence-electron chi connectivity index (χ4n) is 1.91. The van der Waals surface area contributed by atoms with Gasteiger partial charge >= 0.3 is 0 Å². The predicted octanol–water partition coefficient (Wildman–Crippen LogP) is 3.03. The number of halogens is 1. The van der Waals surface area contributed by atoms with E-state index in [0.29, 0.717) is 21.7 Å². The zero-order chi connectivity index (χ0) is 17.0. The van der Waals surface area contributed by atoms with Crippen LogP contribution in [-0.2, 0) is 11.2 Å². The smallest absolute Gasteiger partial charge is 0.237 e. The number of nitrogen functional groups attached to an aromatic ring is 1. The predicted molar refractivity (Wildman–Crippen MR) is 94.3 cm³/mol. The Morgan fingerprint density at radius 2 is 2.22 bits per heavy atom. The van der Waals surface area contributed by atoms with E-state index in [2.05, 4.69) is 15.5 Å². The quantitative estimate of drug-likeness (QED) is 0.615. The molecule has 0 saturated heterocycles. The fraction of sp³-hybridized carbons (Fsp3) is 0.400. The molecule has 1 aromatic carbocycles. The van der Waals surface area contributed by atoms with Crippen LogP contribution < -0.4 is 11.2 Å². The molecule has 0 bridgehead atoms. The summed E-state index contributed by atoms with van der Waals surface area (Å²) in [6.45, 7) is 5.75. The van der Waals surface area contributed by atoms with Gasteiger partial charge in [-0.2, -0.15) is 0 Å². The molecule has 2 aromatic rings. The van der Waals surface area contributed by atoms with Crippen molar-refractivity contribution in [1.82, 2.24) is 14.9 Å². The molecule has 1 aromatic heterocycles. The van der Waals surface area contributed by atoms with E-state index in [1.54, 1.807) is 13.0 Å². The van der Waals surface area contributed by atoms with Gasteiger partial charge in [0.15, 0.2) is 5.82 Å². The summed E-state index contributed by atoms with van der Waals surface area (Å²) >= 11 is 7.34. The van der Waals surface area contributed by atoms with E-state index in [9.17, 15) is 4.79 Å². The molecular weight excluding hydrogens is 334 g/mol. The number of benzene rings is 1. The molecule has 1 unspecified atom stereocenters. The van der Waals surface area contributed by atoms with Gasteiger partial charge in [0.25, 0.3) is 0 Å². The van der Waals surface area contributed by atoms with Gasteiger partial charge in [0.05, 0.1) is 5.25 Å². The zero-order valence-corrected chi connectivity index (χ0v) is 14.9. The fourth-order valence-corrected chi connectivity index (χ4v) is 2.88. The number of hydrogen-bond donors (Lipinski definition) is 2. The van der Waals surface area contributed by atoms with Crippen LogP contribution in [0.1, 0.15) is 31.7 Å². The number of hydrogen-bond acceptors (Lipinski definition) is 5. The summed E-state index contributed by atoms with van der Waals surface area (Å²) in [6, 6.07) is 5.42. The first-order valence-electron chi connectivity index (χ1n) is 7.35. The lowest BCUT2D eigenvalue weighted by molar-refractivity contribution is -0.115. The van der Waals surface area contributed by atoms with Crippen molar-refractivity contribution >= 4 is 35.0 Å². The molecule has 1 amide bonds. The molecule has 8 heteroatoms. The first-order chi connectivity index (χ1) is 10.9. The van der Waals surface area contributed by atoms with E-state index in [1.165, 1.54) is 16.4 Å². The van der Waals surface area contributed by atoms with Crippen molar-refractivity contribution in [3.05, 3.63) is 34.6 Å². The number of nitrogens with two attached hydrogens (primary N) is 1. The summed E-state index contributed by atoms with van der Waals surface area (Å²) in [5.41, 5.74) is 1.63. The Kier molecular flexibility index (Phi) is 5.90. The van der Waals surface area contributed by atoms with Gasteiger partial charge in [-0.1, -0.05) is 36.4 Å². The number of aromatic nitrogens is 3. The third kappa shape index (κ3) is 4.39. The molecule has 0 aliphatic carbocycles. The minimum Gasteiger partial charge on any atom is -0.336 e. The maximum Gasteiger partial charge on any atom is 0.237 e. The standard InChI is InChI=1S/C15H20ClN5OS/c1-4-5-13-19-20-15(21(13)17)23-10(3)14(22)18-11-7-6-9(2)12(16)8-11/h6-8,10H,4-5,17H2,1-3H3,(H,18,22). The third-order valence-corrected chi connectivity index (χ3v) is 4.76. The molecule has 3 N–H and O–H groups in total. The van der Waals surface area contributed by atoms with Crippen LogP contribution in [0.3, 0.4) is 0 Å². The van der Waals surface area contributed by atoms with Crippen molar-refractivity contribution in [2.75, 3.05) is 11.2 Å². The molecule has 1 heterocycles. The second kappa shape index (κ2) is 7.70. The molecule has 0 spiro atoms. The van der Waals surface area contributed by atoms with Gasteiger partial charge in [0, 0.05) is 17.1 Å². The van der Waals surface area contributed by atoms with Gasteiger partial charge in [0.1, 0.15) is 0 Å². The lowest BCUT2D eigenvalue weighted by Crippen LogP contribution is -2.24. The van der Waals surface area contributed by atoms with Crippen LogP contribution in [-0.4, -0.2) is 26.0 Å². The molecule has 0 aliphatic rings. The average molecular weight is 354 g/mol. The number of nitrogens with zero attached hydrogens (tertiary/aromatic N) is 3. The normalized spacial score (nSPS) is 12.2. The summed E-state index contributed by atoms with van der Waals surface area (Å²) in [6.07, 6.45) is 1.69. The molecule has 0 radical (unpaired) electrons. The Bertz CT molecular complexity index is 703. The topological polar surface area (TPSA) is 85.8 Å². The Morgan fingerprint density at radius 3 is 2.87 bits per heavy atom. The summed E-state index contributed by atoms with van der Waals surface area (Å²) in [7, 11) is 0. The number of rotatable bonds is 6. The zero-order valence-electron chi connectivity index (χ0n) is 13.3. The number of aryl methyl sites for hydroxylation is 2. The van der Waals surface area contributed by atoms with E-state index in [4.69, 9.17) is 17.4 Å². The lowest BCUT2D eigenvalue weighted by Gasteiger charge is -2.12. The number of nitrogens with one attached hydrogen (secondary N) is 1. The first-order valence-corrected chi connectivity index (χ1v) is 8.61. The van der Waals surface area contributed by atoms with Gasteiger partial charge in [-0.05, 0) is 38.0 Å². The summed E-state index contributed by atoms with van der Waals surface area (Å²) in [5, 5.41) is 11.7. The summed E-state index contributed by atoms with van der Waals surface area (Å²) < 4.78 is 1.45. The Labute approximate surface area is 144 Å². The van der Waals surface area contributed by atoms with Crippen LogP contribution in [0.5, 0.6) is 0 Å². The van der Waals surface area contributed by atoms with Crippen molar-refractivity contribution < 1.29 is 4.79 Å². The van der Waals surface area contributed by atoms with Crippen molar-refractivity contribution in [2.24, 2.45) is 0 Å². The average Bonchev–Trinajstić information content (AvgIpc) is 2.84. The van der Waals surface area contributed by atoms with Crippen LogP contribution in [0.15, 0.2) is 23.4 Å². The monoisotopic (exact) mass is 353 g/mol. The Hall–Kier alpha value is -1.73. The molecule has 124 valence electrons. The van der Waals surface area contributed by atoms with Crippen LogP contribution in [0.25, 0.3) is 0 Å². The van der Waals surface area contributed by atoms with Crippen molar-refractivity contribution in [3.63, 3.8) is 0 Å². The van der Waals surface area contributed by atoms with E-state index in [-0.39, 0.29) is 11.2 Å². The van der Waals surface area contributed by atoms with Gasteiger partial charge < -0.3 is 11.2 Å².